The van der Waals surface area contributed by atoms with Crippen molar-refractivity contribution in [2.75, 3.05) is 0 Å². The highest BCUT2D eigenvalue weighted by molar-refractivity contribution is 5.92. The SMILES string of the molecule is [CH]1C=Cc2c1ccc(-c1ccccc1)c2-c1ccccc1. The monoisotopic (exact) mass is 267 g/mol. The highest BCUT2D eigenvalue weighted by Crippen LogP contribution is 2.39. The van der Waals surface area contributed by atoms with Crippen LogP contribution in [0.1, 0.15) is 11.1 Å². The van der Waals surface area contributed by atoms with Gasteiger partial charge < -0.3 is 0 Å². The first-order valence-corrected chi connectivity index (χ1v) is 7.23. The van der Waals surface area contributed by atoms with Crippen LogP contribution in [-0.4, -0.2) is 0 Å². The Hall–Kier alpha value is -2.60. The molecular weight excluding hydrogens is 252 g/mol. The molecule has 0 saturated carbocycles. The molecule has 0 aliphatic heterocycles. The Bertz CT molecular complexity index is 796. The Balaban J connectivity index is 2.02. The molecule has 0 aromatic heterocycles. The van der Waals surface area contributed by atoms with E-state index in [2.05, 4.69) is 91.4 Å². The lowest BCUT2D eigenvalue weighted by atomic mass is 9.89. The molecule has 1 aliphatic carbocycles. The van der Waals surface area contributed by atoms with Gasteiger partial charge in [0, 0.05) is 6.42 Å². The van der Waals surface area contributed by atoms with E-state index in [9.17, 15) is 0 Å². The Kier molecular flexibility index (Phi) is 2.93. The molecule has 1 aliphatic rings. The number of rotatable bonds is 2. The van der Waals surface area contributed by atoms with Crippen LogP contribution < -0.4 is 0 Å². The fourth-order valence-corrected chi connectivity index (χ4v) is 2.98. The van der Waals surface area contributed by atoms with Crippen molar-refractivity contribution >= 4 is 6.08 Å². The summed E-state index contributed by atoms with van der Waals surface area (Å²) in [6, 6.07) is 25.7. The first kappa shape index (κ1) is 12.2. The lowest BCUT2D eigenvalue weighted by molar-refractivity contribution is 1.51. The van der Waals surface area contributed by atoms with Gasteiger partial charge in [-0.1, -0.05) is 84.9 Å². The normalized spacial score (nSPS) is 12.4. The molecule has 3 aromatic carbocycles. The zero-order valence-electron chi connectivity index (χ0n) is 11.7. The third kappa shape index (κ3) is 2.09. The molecule has 3 aromatic rings. The molecule has 1 radical (unpaired) electrons. The maximum atomic E-state index is 2.24. The van der Waals surface area contributed by atoms with Crippen LogP contribution in [0.5, 0.6) is 0 Å². The van der Waals surface area contributed by atoms with Gasteiger partial charge in [0.15, 0.2) is 0 Å². The Labute approximate surface area is 125 Å². The molecule has 4 rings (SSSR count). The van der Waals surface area contributed by atoms with Crippen LogP contribution in [0.3, 0.4) is 0 Å². The minimum Gasteiger partial charge on any atom is -0.0754 e. The molecule has 0 saturated heterocycles. The Morgan fingerprint density at radius 1 is 0.571 bits per heavy atom. The molecule has 0 amide bonds. The van der Waals surface area contributed by atoms with E-state index in [1.807, 2.05) is 0 Å². The van der Waals surface area contributed by atoms with Gasteiger partial charge in [-0.25, -0.2) is 0 Å². The predicted octanol–water partition coefficient (Wildman–Crippen LogP) is 5.60. The lowest BCUT2D eigenvalue weighted by Crippen LogP contribution is -1.91. The Morgan fingerprint density at radius 2 is 1.24 bits per heavy atom. The van der Waals surface area contributed by atoms with E-state index >= 15 is 0 Å². The molecule has 0 atom stereocenters. The minimum atomic E-state index is 1.26. The van der Waals surface area contributed by atoms with E-state index in [4.69, 9.17) is 0 Å². The highest BCUT2D eigenvalue weighted by atomic mass is 14.2. The third-order valence-electron chi connectivity index (χ3n) is 3.97. The van der Waals surface area contributed by atoms with Gasteiger partial charge in [0.05, 0.1) is 0 Å². The average Bonchev–Trinajstić information content (AvgIpc) is 3.04. The van der Waals surface area contributed by atoms with Gasteiger partial charge in [-0.05, 0) is 33.4 Å². The fourth-order valence-electron chi connectivity index (χ4n) is 2.98. The second kappa shape index (κ2) is 5.06. The van der Waals surface area contributed by atoms with Gasteiger partial charge in [-0.3, -0.25) is 0 Å². The minimum absolute atomic E-state index is 1.26. The van der Waals surface area contributed by atoms with E-state index in [-0.39, 0.29) is 0 Å². The van der Waals surface area contributed by atoms with E-state index in [0.717, 1.165) is 0 Å². The number of allylic oxidation sites excluding steroid dienone is 1. The Morgan fingerprint density at radius 3 is 1.95 bits per heavy atom. The van der Waals surface area contributed by atoms with E-state index in [1.54, 1.807) is 0 Å². The topological polar surface area (TPSA) is 0 Å². The van der Waals surface area contributed by atoms with Gasteiger partial charge in [-0.15, -0.1) is 0 Å². The average molecular weight is 267 g/mol. The number of hydrogen-bond acceptors (Lipinski definition) is 0. The maximum Gasteiger partial charge on any atom is 0.0131 e. The van der Waals surface area contributed by atoms with Gasteiger partial charge in [0.25, 0.3) is 0 Å². The molecule has 0 N–H and O–H groups in total. The first-order valence-electron chi connectivity index (χ1n) is 7.23. The van der Waals surface area contributed by atoms with Gasteiger partial charge in [-0.2, -0.15) is 0 Å². The lowest BCUT2D eigenvalue weighted by Gasteiger charge is -2.15. The second-order valence-electron chi connectivity index (χ2n) is 5.25. The van der Waals surface area contributed by atoms with Gasteiger partial charge in [0.1, 0.15) is 0 Å². The molecular formula is C21H15. The van der Waals surface area contributed by atoms with Gasteiger partial charge >= 0.3 is 0 Å². The molecule has 0 heterocycles. The zero-order valence-corrected chi connectivity index (χ0v) is 11.7. The molecule has 0 heteroatoms. The summed E-state index contributed by atoms with van der Waals surface area (Å²) in [5, 5.41) is 0. The zero-order chi connectivity index (χ0) is 14.1. The van der Waals surface area contributed by atoms with E-state index in [0.29, 0.717) is 0 Å². The first-order chi connectivity index (χ1) is 10.4. The van der Waals surface area contributed by atoms with E-state index < -0.39 is 0 Å². The molecule has 0 spiro atoms. The van der Waals surface area contributed by atoms with Crippen molar-refractivity contribution in [3.05, 3.63) is 96.4 Å². The summed E-state index contributed by atoms with van der Waals surface area (Å²) < 4.78 is 0. The van der Waals surface area contributed by atoms with Crippen LogP contribution in [0, 0.1) is 6.42 Å². The largest absolute Gasteiger partial charge is 0.0754 e. The molecule has 0 fully saturated rings. The van der Waals surface area contributed by atoms with Crippen LogP contribution in [0.4, 0.5) is 0 Å². The van der Waals surface area contributed by atoms with Crippen molar-refractivity contribution in [2.45, 2.75) is 0 Å². The summed E-state index contributed by atoms with van der Waals surface area (Å²) in [6.07, 6.45) is 6.52. The second-order valence-corrected chi connectivity index (χ2v) is 5.25. The standard InChI is InChI=1S/C21H15/c1-3-8-16(9-4-1)20-15-14-17-12-7-13-19(17)21(20)18-10-5-2-6-11-18/h1-15H. The number of hydrogen-bond donors (Lipinski definition) is 0. The van der Waals surface area contributed by atoms with Crippen LogP contribution in [0.15, 0.2) is 78.9 Å². The summed E-state index contributed by atoms with van der Waals surface area (Å²) in [7, 11) is 0. The smallest absolute Gasteiger partial charge is 0.0131 e. The van der Waals surface area contributed by atoms with Crippen molar-refractivity contribution in [3.8, 4) is 22.3 Å². The van der Waals surface area contributed by atoms with Crippen molar-refractivity contribution in [2.24, 2.45) is 0 Å². The van der Waals surface area contributed by atoms with Gasteiger partial charge in [0.2, 0.25) is 0 Å². The van der Waals surface area contributed by atoms with Crippen LogP contribution >= 0.6 is 0 Å². The molecule has 99 valence electrons. The van der Waals surface area contributed by atoms with Crippen molar-refractivity contribution in [3.63, 3.8) is 0 Å². The summed E-state index contributed by atoms with van der Waals surface area (Å²) in [6.45, 7) is 0. The molecule has 0 unspecified atom stereocenters. The molecule has 21 heavy (non-hydrogen) atoms. The van der Waals surface area contributed by atoms with Crippen molar-refractivity contribution < 1.29 is 0 Å². The maximum absolute atomic E-state index is 2.24. The van der Waals surface area contributed by atoms with E-state index in [1.165, 1.54) is 33.4 Å². The highest BCUT2D eigenvalue weighted by Gasteiger charge is 2.16. The molecule has 0 nitrogen and oxygen atoms in total. The summed E-state index contributed by atoms with van der Waals surface area (Å²) in [4.78, 5) is 0. The third-order valence-corrected chi connectivity index (χ3v) is 3.97. The van der Waals surface area contributed by atoms with Crippen molar-refractivity contribution in [1.82, 2.24) is 0 Å². The van der Waals surface area contributed by atoms with Crippen LogP contribution in [0.2, 0.25) is 0 Å². The summed E-state index contributed by atoms with van der Waals surface area (Å²) in [5.74, 6) is 0. The number of fused-ring (bicyclic) bond motifs is 1. The quantitative estimate of drug-likeness (QED) is 0.567. The summed E-state index contributed by atoms with van der Waals surface area (Å²) >= 11 is 0. The predicted molar refractivity (Wildman–Crippen MR) is 89.8 cm³/mol. The summed E-state index contributed by atoms with van der Waals surface area (Å²) in [5.41, 5.74) is 7.77. The molecule has 0 bridgehead atoms. The van der Waals surface area contributed by atoms with Crippen LogP contribution in [-0.2, 0) is 0 Å². The van der Waals surface area contributed by atoms with Crippen LogP contribution in [0.25, 0.3) is 28.3 Å². The van der Waals surface area contributed by atoms with Crippen molar-refractivity contribution in [1.29, 1.82) is 0 Å². The number of benzene rings is 3. The fraction of sp³-hybridized carbons (Fsp3) is 0.